The van der Waals surface area contributed by atoms with Crippen molar-refractivity contribution < 1.29 is 19.2 Å². The number of esters is 1. The molecule has 1 aromatic rings. The molecule has 0 N–H and O–H groups in total. The smallest absolute Gasteiger partial charge is 0.374 e. The molecule has 7 nitrogen and oxygen atoms in total. The van der Waals surface area contributed by atoms with E-state index in [0.717, 1.165) is 6.20 Å². The first-order valence-corrected chi connectivity index (χ1v) is 5.25. The van der Waals surface area contributed by atoms with Crippen LogP contribution >= 0.6 is 0 Å². The molecule has 0 saturated heterocycles. The SMILES string of the molecule is CCOC(=O)C(=O)Cc1cc(C)ncc1[N+](=O)[O-]. The summed E-state index contributed by atoms with van der Waals surface area (Å²) in [6, 6.07) is 1.41. The number of hydrogen-bond donors (Lipinski definition) is 0. The van der Waals surface area contributed by atoms with E-state index in [4.69, 9.17) is 0 Å². The van der Waals surface area contributed by atoms with E-state index in [0.29, 0.717) is 5.69 Å². The summed E-state index contributed by atoms with van der Waals surface area (Å²) in [7, 11) is 0. The van der Waals surface area contributed by atoms with Crippen molar-refractivity contribution in [2.45, 2.75) is 20.3 Å². The van der Waals surface area contributed by atoms with E-state index in [1.165, 1.54) is 6.07 Å². The predicted molar refractivity (Wildman–Crippen MR) is 61.0 cm³/mol. The first-order valence-electron chi connectivity index (χ1n) is 5.25. The number of nitrogens with zero attached hydrogens (tertiary/aromatic N) is 2. The fourth-order valence-corrected chi connectivity index (χ4v) is 1.37. The van der Waals surface area contributed by atoms with Crippen molar-refractivity contribution in [3.05, 3.63) is 33.6 Å². The molecule has 0 saturated carbocycles. The predicted octanol–water partition coefficient (Wildman–Crippen LogP) is 0.973. The van der Waals surface area contributed by atoms with Crippen LogP contribution in [0.15, 0.2) is 12.3 Å². The average Bonchev–Trinajstić information content (AvgIpc) is 2.28. The first kappa shape index (κ1) is 13.8. The fraction of sp³-hybridized carbons (Fsp3) is 0.364. The molecule has 1 aromatic heterocycles. The van der Waals surface area contributed by atoms with Gasteiger partial charge in [-0.2, -0.15) is 0 Å². The van der Waals surface area contributed by atoms with Crippen LogP contribution in [0, 0.1) is 17.0 Å². The molecule has 0 atom stereocenters. The summed E-state index contributed by atoms with van der Waals surface area (Å²) in [5, 5.41) is 10.7. The second kappa shape index (κ2) is 5.85. The maximum Gasteiger partial charge on any atom is 0.374 e. The molecule has 0 aromatic carbocycles. The van der Waals surface area contributed by atoms with E-state index in [9.17, 15) is 19.7 Å². The largest absolute Gasteiger partial charge is 0.460 e. The van der Waals surface area contributed by atoms with Crippen LogP contribution in [-0.2, 0) is 20.7 Å². The van der Waals surface area contributed by atoms with Gasteiger partial charge in [-0.05, 0) is 19.9 Å². The van der Waals surface area contributed by atoms with Crippen molar-refractivity contribution in [1.29, 1.82) is 0 Å². The van der Waals surface area contributed by atoms with Crippen LogP contribution in [0.25, 0.3) is 0 Å². The van der Waals surface area contributed by atoms with E-state index in [1.54, 1.807) is 13.8 Å². The minimum Gasteiger partial charge on any atom is -0.460 e. The number of aryl methyl sites for hydroxylation is 1. The van der Waals surface area contributed by atoms with Gasteiger partial charge in [0.2, 0.25) is 5.78 Å². The standard InChI is InChI=1S/C11H12N2O5/c1-3-18-11(15)10(14)5-8-4-7(2)12-6-9(8)13(16)17/h4,6H,3,5H2,1-2H3. The Morgan fingerprint density at radius 2 is 2.17 bits per heavy atom. The lowest BCUT2D eigenvalue weighted by molar-refractivity contribution is -0.385. The van der Waals surface area contributed by atoms with Crippen LogP contribution in [0.4, 0.5) is 5.69 Å². The summed E-state index contributed by atoms with van der Waals surface area (Å²) in [4.78, 5) is 36.5. The maximum atomic E-state index is 11.5. The van der Waals surface area contributed by atoms with Gasteiger partial charge in [0.1, 0.15) is 6.20 Å². The van der Waals surface area contributed by atoms with Crippen LogP contribution in [0.5, 0.6) is 0 Å². The number of Topliss-reactive ketones (excluding diaryl/α,β-unsaturated/α-hetero) is 1. The molecule has 0 aliphatic heterocycles. The van der Waals surface area contributed by atoms with Crippen molar-refractivity contribution in [3.8, 4) is 0 Å². The lowest BCUT2D eigenvalue weighted by atomic mass is 10.1. The molecule has 18 heavy (non-hydrogen) atoms. The van der Waals surface area contributed by atoms with Gasteiger partial charge < -0.3 is 4.74 Å². The lowest BCUT2D eigenvalue weighted by Crippen LogP contribution is -2.20. The molecule has 0 fully saturated rings. The van der Waals surface area contributed by atoms with Gasteiger partial charge in [-0.25, -0.2) is 4.79 Å². The number of rotatable bonds is 5. The number of pyridine rings is 1. The van der Waals surface area contributed by atoms with Crippen molar-refractivity contribution in [1.82, 2.24) is 4.98 Å². The summed E-state index contributed by atoms with van der Waals surface area (Å²) in [5.41, 5.74) is 0.413. The molecule has 0 amide bonds. The normalized spacial score (nSPS) is 9.89. The lowest BCUT2D eigenvalue weighted by Gasteiger charge is -2.03. The molecule has 96 valence electrons. The third-order valence-corrected chi connectivity index (χ3v) is 2.15. The molecule has 7 heteroatoms. The number of nitro groups is 1. The highest BCUT2D eigenvalue weighted by atomic mass is 16.6. The molecule has 0 spiro atoms. The number of carbonyl (C=O) groups is 2. The second-order valence-electron chi connectivity index (χ2n) is 3.53. The Hall–Kier alpha value is -2.31. The van der Waals surface area contributed by atoms with Crippen LogP contribution in [0.3, 0.4) is 0 Å². The Morgan fingerprint density at radius 3 is 2.72 bits per heavy atom. The van der Waals surface area contributed by atoms with Gasteiger partial charge in [-0.15, -0.1) is 0 Å². The van der Waals surface area contributed by atoms with Crippen molar-refractivity contribution >= 4 is 17.4 Å². The third-order valence-electron chi connectivity index (χ3n) is 2.15. The van der Waals surface area contributed by atoms with Gasteiger partial charge >= 0.3 is 5.97 Å². The molecule has 1 heterocycles. The summed E-state index contributed by atoms with van der Waals surface area (Å²) in [6.45, 7) is 3.30. The van der Waals surface area contributed by atoms with E-state index in [2.05, 4.69) is 9.72 Å². The number of ketones is 1. The zero-order chi connectivity index (χ0) is 13.7. The van der Waals surface area contributed by atoms with Crippen LogP contribution in [0.1, 0.15) is 18.2 Å². The van der Waals surface area contributed by atoms with Crippen molar-refractivity contribution in [2.75, 3.05) is 6.61 Å². The fourth-order valence-electron chi connectivity index (χ4n) is 1.37. The van der Waals surface area contributed by atoms with Crippen LogP contribution in [-0.4, -0.2) is 28.3 Å². The zero-order valence-electron chi connectivity index (χ0n) is 10.0. The minimum absolute atomic E-state index is 0.0854. The number of ether oxygens (including phenoxy) is 1. The maximum absolute atomic E-state index is 11.5. The number of hydrogen-bond acceptors (Lipinski definition) is 6. The highest BCUT2D eigenvalue weighted by Crippen LogP contribution is 2.18. The summed E-state index contributed by atoms with van der Waals surface area (Å²) in [5.74, 6) is -1.80. The van der Waals surface area contributed by atoms with Crippen molar-refractivity contribution in [3.63, 3.8) is 0 Å². The third kappa shape index (κ3) is 3.34. The van der Waals surface area contributed by atoms with Gasteiger partial charge in [0.15, 0.2) is 0 Å². The number of aromatic nitrogens is 1. The van der Waals surface area contributed by atoms with Gasteiger partial charge in [0.05, 0.1) is 11.5 Å². The van der Waals surface area contributed by atoms with E-state index in [-0.39, 0.29) is 24.3 Å². The first-order chi connectivity index (χ1) is 8.45. The summed E-state index contributed by atoms with van der Waals surface area (Å²) in [6.07, 6.45) is 0.710. The molecular weight excluding hydrogens is 240 g/mol. The molecular formula is C11H12N2O5. The summed E-state index contributed by atoms with van der Waals surface area (Å²) >= 11 is 0. The highest BCUT2D eigenvalue weighted by molar-refractivity contribution is 6.34. The average molecular weight is 252 g/mol. The Morgan fingerprint density at radius 1 is 1.50 bits per heavy atom. The van der Waals surface area contributed by atoms with Crippen LogP contribution in [0.2, 0.25) is 0 Å². The highest BCUT2D eigenvalue weighted by Gasteiger charge is 2.22. The van der Waals surface area contributed by atoms with Gasteiger partial charge in [-0.1, -0.05) is 0 Å². The molecule has 0 aliphatic rings. The molecule has 0 bridgehead atoms. The van der Waals surface area contributed by atoms with E-state index < -0.39 is 16.7 Å². The van der Waals surface area contributed by atoms with Crippen molar-refractivity contribution in [2.24, 2.45) is 0 Å². The molecule has 1 rings (SSSR count). The Kier molecular flexibility index (Phi) is 4.47. The molecule has 0 radical (unpaired) electrons. The monoisotopic (exact) mass is 252 g/mol. The van der Waals surface area contributed by atoms with Gasteiger partial charge in [0.25, 0.3) is 5.69 Å². The van der Waals surface area contributed by atoms with Gasteiger partial charge in [-0.3, -0.25) is 19.9 Å². The Bertz CT molecular complexity index is 498. The van der Waals surface area contributed by atoms with E-state index in [1.807, 2.05) is 0 Å². The number of carbonyl (C=O) groups excluding carboxylic acids is 2. The minimum atomic E-state index is -0.985. The molecule has 0 unspecified atom stereocenters. The topological polar surface area (TPSA) is 99.4 Å². The molecule has 0 aliphatic carbocycles. The van der Waals surface area contributed by atoms with Crippen LogP contribution < -0.4 is 0 Å². The second-order valence-corrected chi connectivity index (χ2v) is 3.53. The Balaban J connectivity index is 2.96. The zero-order valence-corrected chi connectivity index (χ0v) is 10.0. The Labute approximate surface area is 103 Å². The van der Waals surface area contributed by atoms with Gasteiger partial charge in [0, 0.05) is 17.7 Å². The quantitative estimate of drug-likeness (QED) is 0.335. The van der Waals surface area contributed by atoms with E-state index >= 15 is 0 Å². The summed E-state index contributed by atoms with van der Waals surface area (Å²) < 4.78 is 4.53.